The van der Waals surface area contributed by atoms with Gasteiger partial charge in [-0.25, -0.2) is 0 Å². The highest BCUT2D eigenvalue weighted by molar-refractivity contribution is 6.40. The normalized spacial score (nSPS) is 30.5. The van der Waals surface area contributed by atoms with Crippen LogP contribution in [0.3, 0.4) is 0 Å². The highest BCUT2D eigenvalue weighted by Crippen LogP contribution is 2.41. The number of aliphatic carboxylic acids is 1. The van der Waals surface area contributed by atoms with Crippen LogP contribution in [0.5, 0.6) is 0 Å². The van der Waals surface area contributed by atoms with Crippen LogP contribution in [0.1, 0.15) is 33.1 Å². The minimum absolute atomic E-state index is 0.0148. The molecule has 0 saturated carbocycles. The van der Waals surface area contributed by atoms with E-state index in [1.54, 1.807) is 4.90 Å². The first kappa shape index (κ1) is 19.2. The van der Waals surface area contributed by atoms with Crippen LogP contribution < -0.4 is 11.1 Å². The Bertz CT molecular complexity index is 490. The van der Waals surface area contributed by atoms with Crippen molar-refractivity contribution in [2.24, 2.45) is 17.6 Å². The maximum atomic E-state index is 12.7. The maximum absolute atomic E-state index is 12.7. The van der Waals surface area contributed by atoms with Crippen LogP contribution in [0.2, 0.25) is 6.32 Å². The van der Waals surface area contributed by atoms with Crippen molar-refractivity contribution in [3.05, 3.63) is 0 Å². The Morgan fingerprint density at radius 1 is 1.42 bits per heavy atom. The lowest BCUT2D eigenvalue weighted by atomic mass is 9.72. The number of hydrogen-bond acceptors (Lipinski definition) is 6. The number of carboxylic acid groups (broad SMARTS) is 1. The van der Waals surface area contributed by atoms with Crippen molar-refractivity contribution in [3.8, 4) is 0 Å². The maximum Gasteiger partial charge on any atom is 0.451 e. The molecule has 2 fully saturated rings. The van der Waals surface area contributed by atoms with Crippen molar-refractivity contribution in [2.45, 2.75) is 57.1 Å². The van der Waals surface area contributed by atoms with Crippen molar-refractivity contribution in [2.75, 3.05) is 13.1 Å². The van der Waals surface area contributed by atoms with Crippen LogP contribution in [-0.2, 0) is 9.59 Å². The van der Waals surface area contributed by atoms with E-state index in [9.17, 15) is 14.7 Å². The van der Waals surface area contributed by atoms with Gasteiger partial charge in [-0.15, -0.1) is 0 Å². The van der Waals surface area contributed by atoms with Gasteiger partial charge in [-0.2, -0.15) is 0 Å². The average Bonchev–Trinajstić information content (AvgIpc) is 2.75. The van der Waals surface area contributed by atoms with E-state index in [2.05, 4.69) is 5.32 Å². The number of amides is 1. The standard InChI is InChI=1S/C15H28BN3O5/c1-9(2)12(17)13(20)19-7-5-15(14(21)22)10(11(19)8-18-15)4-3-6-16(23)24/h9-12,18,23-24H,3-8,17H2,1-2H3,(H,21,22)/t10-,11+,12+,15-/m1/s1. The molecule has 24 heavy (non-hydrogen) atoms. The van der Waals surface area contributed by atoms with Gasteiger partial charge in [0.15, 0.2) is 0 Å². The molecular formula is C15H28BN3O5. The van der Waals surface area contributed by atoms with Crippen molar-refractivity contribution >= 4 is 19.0 Å². The predicted octanol–water partition coefficient (Wildman–Crippen LogP) is -1.13. The quantitative estimate of drug-likeness (QED) is 0.370. The summed E-state index contributed by atoms with van der Waals surface area (Å²) in [6.45, 7) is 4.58. The number of nitrogens with two attached hydrogens (primary N) is 1. The smallest absolute Gasteiger partial charge is 0.451 e. The number of fused-ring (bicyclic) bond motifs is 2. The molecule has 0 unspecified atom stereocenters. The van der Waals surface area contributed by atoms with Crippen molar-refractivity contribution in [3.63, 3.8) is 0 Å². The summed E-state index contributed by atoms with van der Waals surface area (Å²) in [5.74, 6) is -1.28. The molecule has 9 heteroatoms. The third-order valence-electron chi connectivity index (χ3n) is 5.52. The third kappa shape index (κ3) is 3.44. The monoisotopic (exact) mass is 341 g/mol. The molecule has 0 radical (unpaired) electrons. The Labute approximate surface area is 142 Å². The van der Waals surface area contributed by atoms with Crippen molar-refractivity contribution in [1.29, 1.82) is 0 Å². The molecule has 0 aromatic rings. The molecule has 2 rings (SSSR count). The summed E-state index contributed by atoms with van der Waals surface area (Å²) in [5.41, 5.74) is 4.97. The highest BCUT2D eigenvalue weighted by Gasteiger charge is 2.58. The molecule has 2 saturated heterocycles. The van der Waals surface area contributed by atoms with E-state index in [0.717, 1.165) is 0 Å². The predicted molar refractivity (Wildman–Crippen MR) is 89.0 cm³/mol. The van der Waals surface area contributed by atoms with Crippen molar-refractivity contribution < 1.29 is 24.7 Å². The first-order chi connectivity index (χ1) is 11.2. The van der Waals surface area contributed by atoms with Gasteiger partial charge in [-0.1, -0.05) is 20.3 Å². The first-order valence-corrected chi connectivity index (χ1v) is 8.61. The number of carboxylic acids is 1. The lowest BCUT2D eigenvalue weighted by Crippen LogP contribution is -2.62. The summed E-state index contributed by atoms with van der Waals surface area (Å²) < 4.78 is 0. The Morgan fingerprint density at radius 2 is 2.08 bits per heavy atom. The van der Waals surface area contributed by atoms with Crippen LogP contribution in [0.15, 0.2) is 0 Å². The second-order valence-corrected chi connectivity index (χ2v) is 7.29. The molecule has 136 valence electrons. The minimum Gasteiger partial charge on any atom is -0.480 e. The van der Waals surface area contributed by atoms with Crippen LogP contribution in [-0.4, -0.2) is 69.8 Å². The molecule has 8 nitrogen and oxygen atoms in total. The van der Waals surface area contributed by atoms with Gasteiger partial charge in [0.2, 0.25) is 5.91 Å². The average molecular weight is 341 g/mol. The molecule has 2 bridgehead atoms. The number of hydrogen-bond donors (Lipinski definition) is 5. The molecule has 4 atom stereocenters. The molecule has 2 aliphatic rings. The molecule has 2 heterocycles. The Hall–Kier alpha value is -1.16. The number of carbonyl (C=O) groups is 2. The second-order valence-electron chi connectivity index (χ2n) is 7.29. The lowest BCUT2D eigenvalue weighted by Gasteiger charge is -2.44. The first-order valence-electron chi connectivity index (χ1n) is 8.61. The number of nitrogens with zero attached hydrogens (tertiary/aromatic N) is 1. The van der Waals surface area contributed by atoms with E-state index in [1.807, 2.05) is 13.8 Å². The van der Waals surface area contributed by atoms with Gasteiger partial charge < -0.3 is 25.8 Å². The van der Waals surface area contributed by atoms with E-state index in [0.29, 0.717) is 32.4 Å². The Morgan fingerprint density at radius 3 is 2.62 bits per heavy atom. The third-order valence-corrected chi connectivity index (χ3v) is 5.52. The summed E-state index contributed by atoms with van der Waals surface area (Å²) in [6, 6.07) is -0.814. The summed E-state index contributed by atoms with van der Waals surface area (Å²) in [4.78, 5) is 26.3. The zero-order valence-corrected chi connectivity index (χ0v) is 14.3. The van der Waals surface area contributed by atoms with Crippen LogP contribution >= 0.6 is 0 Å². The van der Waals surface area contributed by atoms with E-state index in [1.165, 1.54) is 0 Å². The van der Waals surface area contributed by atoms with Gasteiger partial charge in [-0.05, 0) is 25.1 Å². The molecule has 0 aromatic heterocycles. The van der Waals surface area contributed by atoms with Gasteiger partial charge in [0.05, 0.1) is 6.04 Å². The van der Waals surface area contributed by atoms with E-state index >= 15 is 0 Å². The number of nitrogens with one attached hydrogen (secondary N) is 1. The van der Waals surface area contributed by atoms with Gasteiger partial charge in [0.25, 0.3) is 0 Å². The largest absolute Gasteiger partial charge is 0.480 e. The van der Waals surface area contributed by atoms with E-state index in [-0.39, 0.29) is 30.1 Å². The topological polar surface area (TPSA) is 136 Å². The molecular weight excluding hydrogens is 313 g/mol. The minimum atomic E-state index is -1.40. The summed E-state index contributed by atoms with van der Waals surface area (Å²) in [6.07, 6.45) is 1.54. The lowest BCUT2D eigenvalue weighted by molar-refractivity contribution is -0.152. The Balaban J connectivity index is 2.17. The van der Waals surface area contributed by atoms with Crippen LogP contribution in [0.25, 0.3) is 0 Å². The number of carbonyl (C=O) groups excluding carboxylic acids is 1. The van der Waals surface area contributed by atoms with Gasteiger partial charge in [0.1, 0.15) is 5.54 Å². The van der Waals surface area contributed by atoms with Gasteiger partial charge >= 0.3 is 13.1 Å². The second kappa shape index (κ2) is 7.39. The van der Waals surface area contributed by atoms with Crippen LogP contribution in [0, 0.1) is 11.8 Å². The van der Waals surface area contributed by atoms with Crippen molar-refractivity contribution in [1.82, 2.24) is 10.2 Å². The van der Waals surface area contributed by atoms with Crippen LogP contribution in [0.4, 0.5) is 0 Å². The zero-order chi connectivity index (χ0) is 18.1. The summed E-state index contributed by atoms with van der Waals surface area (Å²) >= 11 is 0. The molecule has 0 spiro atoms. The molecule has 6 N–H and O–H groups in total. The summed E-state index contributed by atoms with van der Waals surface area (Å²) in [5, 5.41) is 30.9. The SMILES string of the molecule is CC(C)[C@H](N)C(=O)N1CC[C@@]2(C(=O)O)NC[C@H]1[C@H]2CCCB(O)O. The van der Waals surface area contributed by atoms with Gasteiger partial charge in [-0.3, -0.25) is 14.9 Å². The number of rotatable bonds is 7. The zero-order valence-electron chi connectivity index (χ0n) is 14.3. The fraction of sp³-hybridized carbons (Fsp3) is 0.867. The number of likely N-dealkylation sites (tertiary alicyclic amines) is 1. The molecule has 0 aliphatic carbocycles. The molecule has 0 aromatic carbocycles. The summed E-state index contributed by atoms with van der Waals surface area (Å²) in [7, 11) is -1.40. The molecule has 2 aliphatic heterocycles. The van der Waals surface area contributed by atoms with E-state index < -0.39 is 24.7 Å². The fourth-order valence-electron chi connectivity index (χ4n) is 4.00. The van der Waals surface area contributed by atoms with Gasteiger partial charge in [0, 0.05) is 25.0 Å². The number of piperidine rings is 1. The highest BCUT2D eigenvalue weighted by atomic mass is 16.4. The van der Waals surface area contributed by atoms with E-state index in [4.69, 9.17) is 15.8 Å². The Kier molecular flexibility index (Phi) is 5.90. The fourth-order valence-corrected chi connectivity index (χ4v) is 4.00. The molecule has 1 amide bonds.